The largest absolute Gasteiger partial charge is 0.455 e. The molecule has 1 aromatic rings. The van der Waals surface area contributed by atoms with Crippen LogP contribution in [0.3, 0.4) is 0 Å². The zero-order valence-corrected chi connectivity index (χ0v) is 5.26. The summed E-state index contributed by atoms with van der Waals surface area (Å²) in [5.41, 5.74) is 0. The molecule has 0 aliphatic carbocycles. The lowest BCUT2D eigenvalue weighted by atomic mass is 10.8. The van der Waals surface area contributed by atoms with Crippen LogP contribution in [0.5, 0.6) is 5.19 Å². The van der Waals surface area contributed by atoms with Crippen molar-refractivity contribution in [3.8, 4) is 17.5 Å². The molecule has 0 aliphatic heterocycles. The van der Waals surface area contributed by atoms with E-state index in [1.165, 1.54) is 0 Å². The Hall–Kier alpha value is -1.15. The molecule has 5 heteroatoms. The lowest BCUT2D eigenvalue weighted by Gasteiger charge is -1.88. The fourth-order valence-corrected chi connectivity index (χ4v) is 0.612. The van der Waals surface area contributed by atoms with Gasteiger partial charge in [-0.15, -0.1) is 6.42 Å². The summed E-state index contributed by atoms with van der Waals surface area (Å²) < 4.78 is 8.30. The van der Waals surface area contributed by atoms with E-state index in [1.54, 1.807) is 0 Å². The summed E-state index contributed by atoms with van der Waals surface area (Å²) in [6.07, 6.45) is 4.91. The lowest BCUT2D eigenvalue weighted by Crippen LogP contribution is -1.91. The maximum Gasteiger partial charge on any atom is 0.314 e. The fraction of sp³-hybridized carbons (Fsp3) is 0.250. The van der Waals surface area contributed by atoms with Crippen LogP contribution in [-0.2, 0) is 0 Å². The summed E-state index contributed by atoms with van der Waals surface area (Å²) in [4.78, 5) is 0. The average Bonchev–Trinajstić information content (AvgIpc) is 2.34. The van der Waals surface area contributed by atoms with Crippen molar-refractivity contribution in [2.45, 2.75) is 0 Å². The average molecular weight is 141 g/mol. The molecular formula is C4H3N3OS. The summed E-state index contributed by atoms with van der Waals surface area (Å²) in [7, 11) is 0. The van der Waals surface area contributed by atoms with Gasteiger partial charge in [-0.2, -0.15) is 0 Å². The zero-order valence-electron chi connectivity index (χ0n) is 4.44. The first kappa shape index (κ1) is 5.98. The number of nitrogens with zero attached hydrogens (tertiary/aromatic N) is 3. The van der Waals surface area contributed by atoms with E-state index < -0.39 is 0 Å². The van der Waals surface area contributed by atoms with Gasteiger partial charge in [0, 0.05) is 11.5 Å². The Morgan fingerprint density at radius 2 is 2.67 bits per heavy atom. The minimum Gasteiger partial charge on any atom is -0.455 e. The topological polar surface area (TPSA) is 47.9 Å². The van der Waals surface area contributed by atoms with Gasteiger partial charge in [-0.3, -0.25) is 0 Å². The smallest absolute Gasteiger partial charge is 0.314 e. The Labute approximate surface area is 56.0 Å². The van der Waals surface area contributed by atoms with Crippen LogP contribution in [0.2, 0.25) is 0 Å². The van der Waals surface area contributed by atoms with Crippen LogP contribution in [0.4, 0.5) is 0 Å². The van der Waals surface area contributed by atoms with Gasteiger partial charge in [0.2, 0.25) is 0 Å². The molecule has 0 aromatic carbocycles. The van der Waals surface area contributed by atoms with Crippen molar-refractivity contribution in [1.82, 2.24) is 14.8 Å². The van der Waals surface area contributed by atoms with E-state index in [1.807, 2.05) is 0 Å². The van der Waals surface area contributed by atoms with Crippen molar-refractivity contribution in [2.75, 3.05) is 6.61 Å². The molecule has 9 heavy (non-hydrogen) atoms. The first-order chi connectivity index (χ1) is 4.43. The quantitative estimate of drug-likeness (QED) is 0.541. The van der Waals surface area contributed by atoms with Gasteiger partial charge in [0.25, 0.3) is 0 Å². The Balaban J connectivity index is 2.41. The molecule has 0 unspecified atom stereocenters. The number of terminal acetylenes is 1. The Kier molecular flexibility index (Phi) is 1.99. The third-order valence-electron chi connectivity index (χ3n) is 0.561. The second kappa shape index (κ2) is 2.99. The first-order valence-corrected chi connectivity index (χ1v) is 2.92. The van der Waals surface area contributed by atoms with Gasteiger partial charge in [0.15, 0.2) is 6.61 Å². The first-order valence-electron chi connectivity index (χ1n) is 2.15. The van der Waals surface area contributed by atoms with E-state index >= 15 is 0 Å². The van der Waals surface area contributed by atoms with E-state index in [4.69, 9.17) is 11.2 Å². The van der Waals surface area contributed by atoms with Crippen molar-refractivity contribution >= 4 is 11.5 Å². The Morgan fingerprint density at radius 1 is 1.78 bits per heavy atom. The van der Waals surface area contributed by atoms with E-state index in [2.05, 4.69) is 20.7 Å². The van der Waals surface area contributed by atoms with Crippen molar-refractivity contribution < 1.29 is 4.74 Å². The molecule has 0 spiro atoms. The summed E-state index contributed by atoms with van der Waals surface area (Å²) >= 11 is 1.07. The van der Waals surface area contributed by atoms with E-state index in [0.717, 1.165) is 11.5 Å². The van der Waals surface area contributed by atoms with Crippen LogP contribution in [0.1, 0.15) is 0 Å². The SMILES string of the molecule is C#CCOc1nnns1. The molecule has 4 nitrogen and oxygen atoms in total. The minimum absolute atomic E-state index is 0.219. The standard InChI is InChI=1S/C4H3N3OS/c1-2-3-8-4-5-6-7-9-4/h1H,3H2. The predicted molar refractivity (Wildman–Crippen MR) is 32.0 cm³/mol. The summed E-state index contributed by atoms with van der Waals surface area (Å²) in [6.45, 7) is 0.219. The minimum atomic E-state index is 0.219. The van der Waals surface area contributed by atoms with Gasteiger partial charge in [-0.1, -0.05) is 15.5 Å². The summed E-state index contributed by atoms with van der Waals surface area (Å²) in [6, 6.07) is 0. The monoisotopic (exact) mass is 141 g/mol. The number of aromatic nitrogens is 3. The predicted octanol–water partition coefficient (Wildman–Crippen LogP) is -0.0549. The van der Waals surface area contributed by atoms with E-state index in [9.17, 15) is 0 Å². The highest BCUT2D eigenvalue weighted by atomic mass is 32.1. The molecule has 0 amide bonds. The zero-order chi connectivity index (χ0) is 6.53. The van der Waals surface area contributed by atoms with Crippen LogP contribution in [0.15, 0.2) is 0 Å². The number of rotatable bonds is 2. The molecule has 46 valence electrons. The third-order valence-corrected chi connectivity index (χ3v) is 1.07. The molecule has 0 atom stereocenters. The Morgan fingerprint density at radius 3 is 3.22 bits per heavy atom. The number of hydrogen-bond donors (Lipinski definition) is 0. The highest BCUT2D eigenvalue weighted by Gasteiger charge is 1.93. The summed E-state index contributed by atoms with van der Waals surface area (Å²) in [5.74, 6) is 2.29. The fourth-order valence-electron chi connectivity index (χ4n) is 0.285. The highest BCUT2D eigenvalue weighted by molar-refractivity contribution is 7.07. The molecule has 0 saturated heterocycles. The maximum atomic E-state index is 4.91. The van der Waals surface area contributed by atoms with Gasteiger partial charge in [-0.05, 0) is 5.21 Å². The molecule has 0 N–H and O–H groups in total. The van der Waals surface area contributed by atoms with Crippen LogP contribution in [0, 0.1) is 12.3 Å². The molecule has 1 aromatic heterocycles. The van der Waals surface area contributed by atoms with Gasteiger partial charge in [0.05, 0.1) is 0 Å². The highest BCUT2D eigenvalue weighted by Crippen LogP contribution is 2.06. The number of hydrogen-bond acceptors (Lipinski definition) is 5. The van der Waals surface area contributed by atoms with Gasteiger partial charge in [-0.25, -0.2) is 0 Å². The van der Waals surface area contributed by atoms with Crippen LogP contribution < -0.4 is 4.74 Å². The molecular weight excluding hydrogens is 138 g/mol. The number of ether oxygens (including phenoxy) is 1. The van der Waals surface area contributed by atoms with Crippen LogP contribution in [-0.4, -0.2) is 21.4 Å². The normalized spacial score (nSPS) is 8.33. The van der Waals surface area contributed by atoms with Crippen LogP contribution >= 0.6 is 11.5 Å². The molecule has 1 heterocycles. The van der Waals surface area contributed by atoms with Gasteiger partial charge >= 0.3 is 5.19 Å². The molecule has 0 saturated carbocycles. The van der Waals surface area contributed by atoms with E-state index in [-0.39, 0.29) is 6.61 Å². The Bertz CT molecular complexity index is 202. The molecule has 0 aliphatic rings. The third kappa shape index (κ3) is 1.66. The van der Waals surface area contributed by atoms with E-state index in [0.29, 0.717) is 5.19 Å². The van der Waals surface area contributed by atoms with Crippen molar-refractivity contribution in [3.05, 3.63) is 0 Å². The molecule has 0 fully saturated rings. The van der Waals surface area contributed by atoms with Crippen molar-refractivity contribution in [2.24, 2.45) is 0 Å². The van der Waals surface area contributed by atoms with Gasteiger partial charge < -0.3 is 4.74 Å². The second-order valence-corrected chi connectivity index (χ2v) is 1.82. The lowest BCUT2D eigenvalue weighted by molar-refractivity contribution is 0.364. The second-order valence-electron chi connectivity index (χ2n) is 1.12. The van der Waals surface area contributed by atoms with Crippen molar-refractivity contribution in [1.29, 1.82) is 0 Å². The molecule has 0 radical (unpaired) electrons. The molecule has 0 bridgehead atoms. The van der Waals surface area contributed by atoms with Gasteiger partial charge in [0.1, 0.15) is 0 Å². The summed E-state index contributed by atoms with van der Waals surface area (Å²) in [5, 5.41) is 7.20. The maximum absolute atomic E-state index is 4.91. The van der Waals surface area contributed by atoms with Crippen LogP contribution in [0.25, 0.3) is 0 Å². The molecule has 1 rings (SSSR count). The van der Waals surface area contributed by atoms with Crippen molar-refractivity contribution in [3.63, 3.8) is 0 Å².